The van der Waals surface area contributed by atoms with Crippen LogP contribution in [0.1, 0.15) is 41.5 Å². The van der Waals surface area contributed by atoms with Crippen molar-refractivity contribution in [2.75, 3.05) is 0 Å². The van der Waals surface area contributed by atoms with Crippen LogP contribution in [0.25, 0.3) is 0 Å². The molecule has 80 valence electrons. The van der Waals surface area contributed by atoms with Crippen molar-refractivity contribution in [3.63, 3.8) is 0 Å². The Balaban J connectivity index is 2.61. The van der Waals surface area contributed by atoms with E-state index in [0.29, 0.717) is 10.1 Å². The zero-order valence-corrected chi connectivity index (χ0v) is 13.6. The second-order valence-electron chi connectivity index (χ2n) is 6.49. The van der Waals surface area contributed by atoms with E-state index in [1.54, 1.807) is 17.0 Å². The Morgan fingerprint density at radius 2 is 1.14 bits per heavy atom. The first-order valence-electron chi connectivity index (χ1n) is 5.62. The van der Waals surface area contributed by atoms with Gasteiger partial charge in [0.05, 0.1) is 0 Å². The lowest BCUT2D eigenvalue weighted by Crippen LogP contribution is -2.42. The maximum absolute atomic E-state index is 2.47. The Hall–Kier alpha value is 0.651. The van der Waals surface area contributed by atoms with Gasteiger partial charge in [-0.15, -0.1) is 0 Å². The molecule has 0 saturated carbocycles. The summed E-state index contributed by atoms with van der Waals surface area (Å²) in [5, 5.41) is 1.30. The monoisotopic (exact) mass is 240 g/mol. The highest BCUT2D eigenvalue weighted by atomic mass is 28.4. The van der Waals surface area contributed by atoms with Crippen LogP contribution in [0.5, 0.6) is 0 Å². The molecule has 0 aliphatic carbocycles. The Morgan fingerprint density at radius 3 is 1.43 bits per heavy atom. The molecule has 1 rings (SSSR count). The minimum absolute atomic E-state index is 0.0366. The van der Waals surface area contributed by atoms with Crippen LogP contribution in [-0.2, 0) is 0 Å². The fourth-order valence-corrected chi connectivity index (χ4v) is 19.6. The summed E-state index contributed by atoms with van der Waals surface area (Å²) < 4.78 is 0. The van der Waals surface area contributed by atoms with E-state index in [2.05, 4.69) is 41.5 Å². The van der Waals surface area contributed by atoms with Crippen LogP contribution in [0.3, 0.4) is 0 Å². The third-order valence-corrected chi connectivity index (χ3v) is 16.3. The van der Waals surface area contributed by atoms with Crippen LogP contribution in [0.2, 0.25) is 27.1 Å². The van der Waals surface area contributed by atoms with E-state index in [9.17, 15) is 0 Å². The molecule has 14 heavy (non-hydrogen) atoms. The zero-order chi connectivity index (χ0) is 11.0. The average Bonchev–Trinajstić information content (AvgIpc) is 2.01. The molecule has 1 saturated heterocycles. The molecule has 0 nitrogen and oxygen atoms in total. The Bertz CT molecular complexity index is 168. The molecule has 4 radical (unpaired) electrons. The number of hydrogen-bond donors (Lipinski definition) is 0. The number of rotatable bonds is 0. The highest BCUT2D eigenvalue weighted by molar-refractivity contribution is 6.92. The highest BCUT2D eigenvalue weighted by Crippen LogP contribution is 2.41. The van der Waals surface area contributed by atoms with Gasteiger partial charge in [0.15, 0.2) is 0 Å². The summed E-state index contributed by atoms with van der Waals surface area (Å²) in [5.41, 5.74) is 4.88. The van der Waals surface area contributed by atoms with Crippen molar-refractivity contribution in [2.24, 2.45) is 0 Å². The molecule has 0 amide bonds. The molecular formula is C11H24Si3. The van der Waals surface area contributed by atoms with Crippen molar-refractivity contribution < 1.29 is 0 Å². The van der Waals surface area contributed by atoms with E-state index in [0.717, 1.165) is 0 Å². The molecule has 0 atom stereocenters. The maximum atomic E-state index is 2.47. The molecule has 0 aromatic heterocycles. The van der Waals surface area contributed by atoms with Crippen molar-refractivity contribution >= 4 is 27.1 Å². The predicted molar refractivity (Wildman–Crippen MR) is 71.1 cm³/mol. The van der Waals surface area contributed by atoms with Gasteiger partial charge in [-0.05, 0) is 10.1 Å². The van der Waals surface area contributed by atoms with Crippen LogP contribution >= 0.6 is 0 Å². The molecule has 0 N–H and O–H groups in total. The smallest absolute Gasteiger partial charge is 0.0474 e. The summed E-state index contributed by atoms with van der Waals surface area (Å²) in [6, 6.07) is 0. The highest BCUT2D eigenvalue weighted by Gasteiger charge is 2.37. The van der Waals surface area contributed by atoms with Crippen molar-refractivity contribution in [2.45, 2.75) is 68.6 Å². The summed E-state index contributed by atoms with van der Waals surface area (Å²) in [7, 11) is 1.23. The van der Waals surface area contributed by atoms with Crippen molar-refractivity contribution in [1.82, 2.24) is 0 Å². The minimum Gasteiger partial charge on any atom is -0.0669 e. The van der Waals surface area contributed by atoms with E-state index in [1.807, 2.05) is 0 Å². The lowest BCUT2D eigenvalue weighted by molar-refractivity contribution is 0.719. The summed E-state index contributed by atoms with van der Waals surface area (Å²) in [6.45, 7) is 14.8. The van der Waals surface area contributed by atoms with Crippen molar-refractivity contribution in [3.8, 4) is 0 Å². The Kier molecular flexibility index (Phi) is 3.87. The first-order chi connectivity index (χ1) is 6.21. The van der Waals surface area contributed by atoms with Crippen molar-refractivity contribution in [3.05, 3.63) is 0 Å². The van der Waals surface area contributed by atoms with Gasteiger partial charge in [0, 0.05) is 27.1 Å². The van der Waals surface area contributed by atoms with Crippen LogP contribution in [-0.4, -0.2) is 27.1 Å². The van der Waals surface area contributed by atoms with Crippen molar-refractivity contribution in [1.29, 1.82) is 0 Å². The summed E-state index contributed by atoms with van der Waals surface area (Å²) >= 11 is 0. The standard InChI is InChI=1S/C11H24Si3/c1-10(2,3)13-7-12-8-14(9-13)11(4,5)6/h7-9H2,1-6H3. The molecule has 0 spiro atoms. The molecular weight excluding hydrogens is 216 g/mol. The molecule has 0 aromatic carbocycles. The van der Waals surface area contributed by atoms with Crippen LogP contribution in [0.4, 0.5) is 0 Å². The second kappa shape index (κ2) is 4.26. The van der Waals surface area contributed by atoms with Gasteiger partial charge < -0.3 is 0 Å². The van der Waals surface area contributed by atoms with E-state index in [4.69, 9.17) is 0 Å². The summed E-state index contributed by atoms with van der Waals surface area (Å²) in [6.07, 6.45) is 0. The van der Waals surface area contributed by atoms with Crippen LogP contribution in [0.15, 0.2) is 0 Å². The molecule has 1 heterocycles. The van der Waals surface area contributed by atoms with Crippen LogP contribution < -0.4 is 0 Å². The summed E-state index contributed by atoms with van der Waals surface area (Å²) in [5.74, 6) is 0. The molecule has 0 unspecified atom stereocenters. The largest absolute Gasteiger partial charge is 0.0669 e. The predicted octanol–water partition coefficient (Wildman–Crippen LogP) is 3.75. The molecule has 3 heteroatoms. The molecule has 1 fully saturated rings. The van der Waals surface area contributed by atoms with Gasteiger partial charge in [-0.25, -0.2) is 0 Å². The van der Waals surface area contributed by atoms with E-state index in [1.165, 1.54) is 9.52 Å². The van der Waals surface area contributed by atoms with E-state index in [-0.39, 0.29) is 17.6 Å². The number of hydrogen-bond acceptors (Lipinski definition) is 0. The topological polar surface area (TPSA) is 0 Å². The van der Waals surface area contributed by atoms with Gasteiger partial charge in [0.25, 0.3) is 0 Å². The Morgan fingerprint density at radius 1 is 0.786 bits per heavy atom. The van der Waals surface area contributed by atoms with E-state index < -0.39 is 0 Å². The maximum Gasteiger partial charge on any atom is 0.0474 e. The first-order valence-corrected chi connectivity index (χ1v) is 10.9. The van der Waals surface area contributed by atoms with Gasteiger partial charge in [-0.3, -0.25) is 0 Å². The minimum atomic E-state index is -0.0366. The quantitative estimate of drug-likeness (QED) is 0.566. The fourth-order valence-electron chi connectivity index (χ4n) is 1.81. The lowest BCUT2D eigenvalue weighted by Gasteiger charge is -2.40. The van der Waals surface area contributed by atoms with Gasteiger partial charge in [0.1, 0.15) is 0 Å². The fraction of sp³-hybridized carbons (Fsp3) is 1.00. The van der Waals surface area contributed by atoms with Gasteiger partial charge in [0.2, 0.25) is 0 Å². The normalized spacial score (nSPS) is 22.7. The molecule has 0 aromatic rings. The molecule has 0 bridgehead atoms. The SMILES string of the molecule is CC(C)(C)[Si]1C[Si]C[Si](C(C)(C)C)C1. The Labute approximate surface area is 95.9 Å². The van der Waals surface area contributed by atoms with Crippen LogP contribution in [0, 0.1) is 0 Å². The second-order valence-corrected chi connectivity index (χ2v) is 16.6. The summed E-state index contributed by atoms with van der Waals surface area (Å²) in [4.78, 5) is 0. The van der Waals surface area contributed by atoms with Gasteiger partial charge >= 0.3 is 0 Å². The van der Waals surface area contributed by atoms with Gasteiger partial charge in [-0.2, -0.15) is 0 Å². The van der Waals surface area contributed by atoms with Gasteiger partial charge in [-0.1, -0.05) is 58.5 Å². The molecule has 1 aliphatic heterocycles. The third kappa shape index (κ3) is 3.35. The third-order valence-electron chi connectivity index (χ3n) is 3.22. The average molecular weight is 241 g/mol. The van der Waals surface area contributed by atoms with E-state index >= 15 is 0 Å². The first kappa shape index (κ1) is 12.7. The lowest BCUT2D eigenvalue weighted by atomic mass is 10.2. The zero-order valence-electron chi connectivity index (χ0n) is 10.6. The molecule has 1 aliphatic rings.